The molecule has 0 aliphatic heterocycles. The quantitative estimate of drug-likeness (QED) is 0.0595. The summed E-state index contributed by atoms with van der Waals surface area (Å²) < 4.78 is 60.1. The summed E-state index contributed by atoms with van der Waals surface area (Å²) in [5.74, 6) is 1.92. The minimum atomic E-state index is -4.36. The molecule has 3 heterocycles. The van der Waals surface area contributed by atoms with Gasteiger partial charge in [-0.2, -0.15) is 8.42 Å². The highest BCUT2D eigenvalue weighted by Gasteiger charge is 2.22. The smallest absolute Gasteiger partial charge is 0.304 e. The lowest BCUT2D eigenvalue weighted by atomic mass is 9.99. The number of rotatable bonds is 15. The molecule has 4 aromatic rings. The fourth-order valence-corrected chi connectivity index (χ4v) is 6.63. The number of hydrogen-bond donors (Lipinski definition) is 2. The zero-order valence-electron chi connectivity index (χ0n) is 28.1. The van der Waals surface area contributed by atoms with Crippen LogP contribution in [0.1, 0.15) is 62.9 Å². The topological polar surface area (TPSA) is 159 Å². The van der Waals surface area contributed by atoms with Gasteiger partial charge < -0.3 is 28.8 Å². The van der Waals surface area contributed by atoms with E-state index in [2.05, 4.69) is 15.5 Å². The van der Waals surface area contributed by atoms with Crippen molar-refractivity contribution in [2.24, 2.45) is 0 Å². The lowest BCUT2D eigenvalue weighted by Gasteiger charge is -2.15. The van der Waals surface area contributed by atoms with Crippen molar-refractivity contribution in [2.75, 3.05) is 39.0 Å². The van der Waals surface area contributed by atoms with E-state index in [-0.39, 0.29) is 23.2 Å². The first-order valence-corrected chi connectivity index (χ1v) is 17.2. The van der Waals surface area contributed by atoms with Gasteiger partial charge in [0, 0.05) is 41.5 Å². The third kappa shape index (κ3) is 10.7. The van der Waals surface area contributed by atoms with Crippen LogP contribution < -0.4 is 10.1 Å². The molecule has 0 amide bonds. The largest absolute Gasteiger partial charge is 0.488 e. The maximum atomic E-state index is 12.1. The summed E-state index contributed by atoms with van der Waals surface area (Å²) in [6.45, 7) is 15.1. The highest BCUT2D eigenvalue weighted by Crippen LogP contribution is 2.37. The van der Waals surface area contributed by atoms with Crippen LogP contribution in [-0.4, -0.2) is 62.6 Å². The van der Waals surface area contributed by atoms with E-state index >= 15 is 0 Å². The van der Waals surface area contributed by atoms with Gasteiger partial charge >= 0.3 is 10.1 Å². The van der Waals surface area contributed by atoms with Crippen LogP contribution in [0.3, 0.4) is 0 Å². The number of aromatic nitrogens is 2. The Balaban J connectivity index is 0.000000358. The first-order chi connectivity index (χ1) is 22.3. The molecule has 2 N–H and O–H groups in total. The number of hydrogen-bond acceptors (Lipinski definition) is 12. The third-order valence-corrected chi connectivity index (χ3v) is 9.36. The predicted octanol–water partition coefficient (Wildman–Crippen LogP) is 6.62. The van der Waals surface area contributed by atoms with E-state index in [4.69, 9.17) is 23.5 Å². The lowest BCUT2D eigenvalue weighted by Crippen LogP contribution is -2.10. The minimum Gasteiger partial charge on any atom is -0.488 e. The van der Waals surface area contributed by atoms with Crippen molar-refractivity contribution >= 4 is 33.1 Å². The van der Waals surface area contributed by atoms with Crippen molar-refractivity contribution in [3.05, 3.63) is 74.6 Å². The van der Waals surface area contributed by atoms with Gasteiger partial charge in [-0.05, 0) is 77.3 Å². The Morgan fingerprint density at radius 1 is 1.02 bits per heavy atom. The van der Waals surface area contributed by atoms with Gasteiger partial charge in [0.25, 0.3) is 0 Å². The molecule has 0 radical (unpaired) electrons. The lowest BCUT2D eigenvalue weighted by molar-refractivity contribution is 0.0799. The van der Waals surface area contributed by atoms with E-state index in [0.29, 0.717) is 54.7 Å². The summed E-state index contributed by atoms with van der Waals surface area (Å²) >= 11 is 1.03. The van der Waals surface area contributed by atoms with Crippen molar-refractivity contribution in [3.8, 4) is 16.9 Å². The monoisotopic (exact) mass is 689 g/mol. The number of anilines is 1. The molecule has 0 unspecified atom stereocenters. The second-order valence-corrected chi connectivity index (χ2v) is 13.5. The zero-order chi connectivity index (χ0) is 34.7. The van der Waals surface area contributed by atoms with Gasteiger partial charge in [0.1, 0.15) is 24.8 Å². The van der Waals surface area contributed by atoms with E-state index in [9.17, 15) is 17.8 Å². The van der Waals surface area contributed by atoms with Crippen LogP contribution >= 0.6 is 11.3 Å². The number of thiophene rings is 1. The molecule has 1 aromatic carbocycles. The summed E-state index contributed by atoms with van der Waals surface area (Å²) in [4.78, 5) is 17.2. The number of methoxy groups -OCH3 is 1. The molecule has 0 bridgehead atoms. The molecular weight excluding hydrogens is 647 g/mol. The van der Waals surface area contributed by atoms with Crippen LogP contribution in [0, 0.1) is 34.6 Å². The van der Waals surface area contributed by atoms with Crippen molar-refractivity contribution in [3.63, 3.8) is 0 Å². The Morgan fingerprint density at radius 2 is 1.77 bits per heavy atom. The summed E-state index contributed by atoms with van der Waals surface area (Å²) in [5.41, 5.74) is 5.56. The number of carbonyl (C=O) groups excluding carboxylic acids is 1. The number of carbonyl (C=O) groups is 1. The van der Waals surface area contributed by atoms with E-state index in [0.717, 1.165) is 50.2 Å². The molecule has 12 nitrogen and oxygen atoms in total. The number of nitrogens with zero attached hydrogens (tertiary/aromatic N) is 2. The normalized spacial score (nSPS) is 11.3. The van der Waals surface area contributed by atoms with E-state index < -0.39 is 10.1 Å². The Kier molecular flexibility index (Phi) is 14.1. The summed E-state index contributed by atoms with van der Waals surface area (Å²) in [7, 11) is -2.72. The Hall–Kier alpha value is -3.66. The van der Waals surface area contributed by atoms with E-state index in [1.165, 1.54) is 6.92 Å². The van der Waals surface area contributed by atoms with Crippen LogP contribution in [0.4, 0.5) is 5.82 Å². The second-order valence-electron chi connectivity index (χ2n) is 10.7. The minimum absolute atomic E-state index is 0.0874. The molecule has 0 fully saturated rings. The maximum Gasteiger partial charge on any atom is 0.304 e. The van der Waals surface area contributed by atoms with Crippen molar-refractivity contribution < 1.29 is 41.2 Å². The van der Waals surface area contributed by atoms with Crippen LogP contribution in [0.5, 0.6) is 5.75 Å². The first kappa shape index (κ1) is 37.8. The van der Waals surface area contributed by atoms with Gasteiger partial charge in [-0.25, -0.2) is 0 Å². The first-order valence-electron chi connectivity index (χ1n) is 14.9. The molecule has 0 saturated heterocycles. The average Bonchev–Trinajstić information content (AvgIpc) is 3.56. The third-order valence-electron chi connectivity index (χ3n) is 6.95. The number of ketones is 1. The molecule has 0 atom stereocenters. The fraction of sp³-hybridized carbons (Fsp3) is 0.424. The average molecular weight is 690 g/mol. The highest BCUT2D eigenvalue weighted by molar-refractivity contribution is 7.88. The molecule has 0 aliphatic carbocycles. The molecule has 47 heavy (non-hydrogen) atoms. The number of ether oxygens (including phenoxy) is 4. The van der Waals surface area contributed by atoms with E-state index in [1.807, 2.05) is 39.8 Å². The van der Waals surface area contributed by atoms with Gasteiger partial charge in [-0.1, -0.05) is 17.3 Å². The number of Topliss-reactive ketones (excluding diaryl/α,β-unsaturated/α-hetero) is 1. The summed E-state index contributed by atoms with van der Waals surface area (Å²) in [6.07, 6.45) is 0. The Labute approximate surface area is 280 Å². The van der Waals surface area contributed by atoms with Crippen molar-refractivity contribution in [1.29, 1.82) is 0 Å². The fourth-order valence-electron chi connectivity index (χ4n) is 4.62. The number of benzene rings is 1. The zero-order valence-corrected chi connectivity index (χ0v) is 29.7. The maximum absolute atomic E-state index is 12.1. The molecule has 14 heteroatoms. The van der Waals surface area contributed by atoms with Crippen LogP contribution in [0.25, 0.3) is 11.1 Å². The van der Waals surface area contributed by atoms with Crippen molar-refractivity contribution in [1.82, 2.24) is 10.1 Å². The van der Waals surface area contributed by atoms with Crippen LogP contribution in [0.2, 0.25) is 0 Å². The second kappa shape index (κ2) is 17.5. The van der Waals surface area contributed by atoms with Gasteiger partial charge in [-0.15, -0.1) is 11.3 Å². The van der Waals surface area contributed by atoms with E-state index in [1.54, 1.807) is 39.2 Å². The SMILES string of the molecule is CCOCc1cc(COc2cc(C)nc(C)c2C(C)=O)ccc1-c1cc(C)sc1S(=O)(=O)O.COCCOCNc1noc(C)c1C. The van der Waals surface area contributed by atoms with Crippen LogP contribution in [0.15, 0.2) is 39.1 Å². The van der Waals surface area contributed by atoms with Gasteiger partial charge in [0.15, 0.2) is 15.8 Å². The standard InChI is InChI=1S/C24H27NO6S2.C9H16N2O3/c1-6-30-13-19-11-18(12-31-22-9-14(2)25-16(4)23(22)17(5)26)7-8-20(19)21-10-15(3)32-24(21)33(27,28)29;1-7-8(2)14-11-9(7)10-6-13-5-4-12-3/h7-11H,6,12-13H2,1-5H3,(H,27,28,29);4-6H2,1-3H3,(H,10,11). The Morgan fingerprint density at radius 3 is 2.38 bits per heavy atom. The molecule has 256 valence electrons. The summed E-state index contributed by atoms with van der Waals surface area (Å²) in [6, 6.07) is 9.01. The number of pyridine rings is 1. The highest BCUT2D eigenvalue weighted by atomic mass is 32.3. The molecule has 0 saturated carbocycles. The molecule has 0 spiro atoms. The molecule has 3 aromatic heterocycles. The Bertz CT molecular complexity index is 1760. The van der Waals surface area contributed by atoms with Crippen LogP contribution in [-0.2, 0) is 37.5 Å². The summed E-state index contributed by atoms with van der Waals surface area (Å²) in [5, 5.41) is 6.85. The van der Waals surface area contributed by atoms with Gasteiger partial charge in [-0.3, -0.25) is 14.3 Å². The number of aryl methyl sites for hydroxylation is 4. The molecular formula is C33H43N3O9S2. The molecule has 4 rings (SSSR count). The number of nitrogens with one attached hydrogen (secondary N) is 1. The molecule has 0 aliphatic rings. The van der Waals surface area contributed by atoms with Gasteiger partial charge in [0.05, 0.1) is 31.1 Å². The van der Waals surface area contributed by atoms with Crippen molar-refractivity contribution in [2.45, 2.75) is 65.9 Å². The predicted molar refractivity (Wildman–Crippen MR) is 180 cm³/mol. The van der Waals surface area contributed by atoms with Gasteiger partial charge in [0.2, 0.25) is 0 Å².